The zero-order valence-corrected chi connectivity index (χ0v) is 21.7. The van der Waals surface area contributed by atoms with Crippen LogP contribution in [0.25, 0.3) is 10.9 Å². The van der Waals surface area contributed by atoms with E-state index in [4.69, 9.17) is 11.6 Å². The lowest BCUT2D eigenvalue weighted by Crippen LogP contribution is -2.56. The van der Waals surface area contributed by atoms with Gasteiger partial charge < -0.3 is 9.88 Å². The van der Waals surface area contributed by atoms with Gasteiger partial charge in [0.05, 0.1) is 22.2 Å². The molecule has 0 saturated carbocycles. The fraction of sp³-hybridized carbons (Fsp3) is 0.320. The number of hydrogen-bond acceptors (Lipinski definition) is 5. The minimum Gasteiger partial charge on any atom is -0.341 e. The first-order chi connectivity index (χ1) is 17.0. The molecule has 36 heavy (non-hydrogen) atoms. The number of carbonyl (C=O) groups is 2. The van der Waals surface area contributed by atoms with Crippen molar-refractivity contribution in [2.45, 2.75) is 32.2 Å². The third kappa shape index (κ3) is 4.69. The molecule has 1 saturated heterocycles. The summed E-state index contributed by atoms with van der Waals surface area (Å²) in [5, 5.41) is 13.9. The number of nitrogens with zero attached hydrogens (tertiary/aromatic N) is 3. The highest BCUT2D eigenvalue weighted by Crippen LogP contribution is 2.35. The number of hydrogen-bond donors (Lipinski definition) is 2. The molecule has 188 valence electrons. The number of rotatable bonds is 5. The lowest BCUT2D eigenvalue weighted by molar-refractivity contribution is -0.117. The maximum Gasteiger partial charge on any atom is 0.303 e. The number of benzene rings is 2. The molecule has 2 heterocycles. The average molecular weight is 528 g/mol. The largest absolute Gasteiger partial charge is 0.341 e. The van der Waals surface area contributed by atoms with Gasteiger partial charge in [0, 0.05) is 38.0 Å². The molecule has 0 bridgehead atoms. The first-order valence-electron chi connectivity index (χ1n) is 11.3. The van der Waals surface area contributed by atoms with Gasteiger partial charge in [0.1, 0.15) is 5.69 Å². The first-order valence-corrected chi connectivity index (χ1v) is 13.2. The van der Waals surface area contributed by atoms with Crippen LogP contribution in [0.4, 0.5) is 0 Å². The lowest BCUT2D eigenvalue weighted by Gasteiger charge is -2.42. The number of nitrogens with one attached hydrogen (secondary N) is 2. The molecule has 0 aliphatic carbocycles. The molecule has 11 heteroatoms. The Hall–Kier alpha value is -3.39. The Morgan fingerprint density at radius 1 is 1.14 bits per heavy atom. The number of carbonyl (C=O) groups excluding carboxylic acids is 2. The van der Waals surface area contributed by atoms with Crippen LogP contribution in [0.2, 0.25) is 5.02 Å². The van der Waals surface area contributed by atoms with Crippen molar-refractivity contribution in [3.8, 4) is 6.07 Å². The Morgan fingerprint density at radius 3 is 2.47 bits per heavy atom. The molecule has 1 aliphatic heterocycles. The van der Waals surface area contributed by atoms with E-state index in [-0.39, 0.29) is 31.8 Å². The second kappa shape index (κ2) is 9.58. The van der Waals surface area contributed by atoms with Gasteiger partial charge in [0.15, 0.2) is 0 Å². The molecule has 3 aromatic rings. The van der Waals surface area contributed by atoms with Crippen LogP contribution in [-0.4, -0.2) is 42.2 Å². The number of fused-ring (bicyclic) bond motifs is 1. The maximum absolute atomic E-state index is 13.6. The summed E-state index contributed by atoms with van der Waals surface area (Å²) in [6.07, 6.45) is 0.493. The Morgan fingerprint density at radius 2 is 1.83 bits per heavy atom. The van der Waals surface area contributed by atoms with Crippen molar-refractivity contribution >= 4 is 44.5 Å². The van der Waals surface area contributed by atoms with Crippen molar-refractivity contribution in [1.82, 2.24) is 18.9 Å². The number of piperidine rings is 1. The van der Waals surface area contributed by atoms with Crippen LogP contribution in [-0.2, 0) is 27.6 Å². The summed E-state index contributed by atoms with van der Waals surface area (Å²) in [4.78, 5) is 25.0. The second-order valence-corrected chi connectivity index (χ2v) is 11.1. The van der Waals surface area contributed by atoms with Crippen LogP contribution >= 0.6 is 11.6 Å². The molecule has 9 nitrogen and oxygen atoms in total. The van der Waals surface area contributed by atoms with Gasteiger partial charge >= 0.3 is 10.2 Å². The molecule has 2 amide bonds. The first kappa shape index (κ1) is 25.7. The van der Waals surface area contributed by atoms with Crippen LogP contribution in [0.1, 0.15) is 46.9 Å². The van der Waals surface area contributed by atoms with E-state index in [2.05, 4.69) is 11.4 Å². The number of halogens is 1. The topological polar surface area (TPSA) is 124 Å². The SMILES string of the molecule is CC(=O)NS(=O)(=O)N1CCC(NC(=O)c2cc3c(Cl)c(C)ccc3n2C)(c2cccc(C#N)c2)CC1. The van der Waals surface area contributed by atoms with Crippen LogP contribution < -0.4 is 10.0 Å². The van der Waals surface area contributed by atoms with Crippen molar-refractivity contribution in [2.75, 3.05) is 13.1 Å². The quantitative estimate of drug-likeness (QED) is 0.527. The summed E-state index contributed by atoms with van der Waals surface area (Å²) in [5.41, 5.74) is 2.33. The predicted octanol–water partition coefficient (Wildman–Crippen LogP) is 3.11. The smallest absolute Gasteiger partial charge is 0.303 e. The normalized spacial score (nSPS) is 15.9. The molecular weight excluding hydrogens is 502 g/mol. The van der Waals surface area contributed by atoms with E-state index in [0.29, 0.717) is 21.8 Å². The van der Waals surface area contributed by atoms with E-state index in [1.807, 2.05) is 29.8 Å². The predicted molar refractivity (Wildman–Crippen MR) is 137 cm³/mol. The Bertz CT molecular complexity index is 1520. The molecular formula is C25H26ClN5O4S. The van der Waals surface area contributed by atoms with Gasteiger partial charge in [0.2, 0.25) is 5.91 Å². The van der Waals surface area contributed by atoms with Crippen LogP contribution in [0.5, 0.6) is 0 Å². The molecule has 0 unspecified atom stereocenters. The van der Waals surface area contributed by atoms with E-state index < -0.39 is 21.7 Å². The number of aromatic nitrogens is 1. The van der Waals surface area contributed by atoms with Crippen molar-refractivity contribution < 1.29 is 18.0 Å². The third-order valence-corrected chi connectivity index (χ3v) is 8.76. The van der Waals surface area contributed by atoms with Crippen molar-refractivity contribution in [3.05, 3.63) is 69.9 Å². The van der Waals surface area contributed by atoms with Crippen molar-refractivity contribution in [3.63, 3.8) is 0 Å². The van der Waals surface area contributed by atoms with E-state index in [1.165, 1.54) is 4.31 Å². The van der Waals surface area contributed by atoms with Gasteiger partial charge in [-0.2, -0.15) is 18.0 Å². The zero-order valence-electron chi connectivity index (χ0n) is 20.1. The Kier molecular flexibility index (Phi) is 6.84. The molecule has 0 radical (unpaired) electrons. The van der Waals surface area contributed by atoms with Gasteiger partial charge in [-0.15, -0.1) is 0 Å². The van der Waals surface area contributed by atoms with Gasteiger partial charge in [-0.1, -0.05) is 29.8 Å². The molecule has 4 rings (SSSR count). The van der Waals surface area contributed by atoms with Gasteiger partial charge in [-0.05, 0) is 55.2 Å². The van der Waals surface area contributed by atoms with E-state index in [0.717, 1.165) is 23.4 Å². The third-order valence-electron chi connectivity index (χ3n) is 6.67. The van der Waals surface area contributed by atoms with E-state index in [1.54, 1.807) is 35.9 Å². The maximum atomic E-state index is 13.6. The number of amides is 2. The molecule has 2 aromatic carbocycles. The summed E-state index contributed by atoms with van der Waals surface area (Å²) in [7, 11) is -2.21. The van der Waals surface area contributed by atoms with Gasteiger partial charge in [-0.3, -0.25) is 9.59 Å². The molecule has 1 aliphatic rings. The number of aryl methyl sites for hydroxylation is 2. The van der Waals surface area contributed by atoms with E-state index in [9.17, 15) is 23.3 Å². The molecule has 2 N–H and O–H groups in total. The molecule has 1 aromatic heterocycles. The Balaban J connectivity index is 1.71. The highest BCUT2D eigenvalue weighted by atomic mass is 35.5. The minimum absolute atomic E-state index is 0.0693. The molecule has 0 spiro atoms. The summed E-state index contributed by atoms with van der Waals surface area (Å²) in [6, 6.07) is 14.6. The van der Waals surface area contributed by atoms with Crippen LogP contribution in [0.15, 0.2) is 42.5 Å². The van der Waals surface area contributed by atoms with E-state index >= 15 is 0 Å². The summed E-state index contributed by atoms with van der Waals surface area (Å²) in [5.74, 6) is -1.02. The lowest BCUT2D eigenvalue weighted by atomic mass is 9.80. The van der Waals surface area contributed by atoms with Crippen LogP contribution in [0, 0.1) is 18.3 Å². The monoisotopic (exact) mass is 527 g/mol. The highest BCUT2D eigenvalue weighted by molar-refractivity contribution is 7.87. The second-order valence-electron chi connectivity index (χ2n) is 9.01. The standard InChI is InChI=1S/C25H26ClN5O4S/c1-16-7-8-21-20(23(16)26)14-22(30(21)3)24(33)28-25(19-6-4-5-18(13-19)15-27)9-11-31(12-10-25)36(34,35)29-17(2)32/h4-8,13-14H,9-12H2,1-3H3,(H,28,33)(H,29,32). The van der Waals surface area contributed by atoms with Crippen molar-refractivity contribution in [1.29, 1.82) is 5.26 Å². The van der Waals surface area contributed by atoms with Gasteiger partial charge in [0.25, 0.3) is 5.91 Å². The Labute approximate surface area is 214 Å². The fourth-order valence-corrected chi connectivity index (χ4v) is 6.08. The zero-order chi connectivity index (χ0) is 26.3. The molecule has 1 fully saturated rings. The molecule has 0 atom stereocenters. The fourth-order valence-electron chi connectivity index (χ4n) is 4.71. The average Bonchev–Trinajstić information content (AvgIpc) is 3.18. The summed E-state index contributed by atoms with van der Waals surface area (Å²) < 4.78 is 30.0. The summed E-state index contributed by atoms with van der Waals surface area (Å²) in [6.45, 7) is 3.17. The summed E-state index contributed by atoms with van der Waals surface area (Å²) >= 11 is 6.49. The minimum atomic E-state index is -3.99. The highest BCUT2D eigenvalue weighted by Gasteiger charge is 2.41. The van der Waals surface area contributed by atoms with Crippen molar-refractivity contribution in [2.24, 2.45) is 7.05 Å². The van der Waals surface area contributed by atoms with Crippen LogP contribution in [0.3, 0.4) is 0 Å². The number of nitriles is 1. The van der Waals surface area contributed by atoms with Gasteiger partial charge in [-0.25, -0.2) is 4.72 Å².